The van der Waals surface area contributed by atoms with Crippen LogP contribution in [0.2, 0.25) is 0 Å². The number of esters is 2. The average molecular weight is 487 g/mol. The number of ether oxygens (including phenoxy) is 2. The summed E-state index contributed by atoms with van der Waals surface area (Å²) in [6, 6.07) is 0. The van der Waals surface area contributed by atoms with E-state index < -0.39 is 5.97 Å². The highest BCUT2D eigenvalue weighted by molar-refractivity contribution is 5.70. The minimum atomic E-state index is -0.655. The Morgan fingerprint density at radius 1 is 0.529 bits per heavy atom. The van der Waals surface area contributed by atoms with Crippen molar-refractivity contribution < 1.29 is 29.0 Å². The van der Waals surface area contributed by atoms with Crippen LogP contribution >= 0.6 is 0 Å². The fourth-order valence-electron chi connectivity index (χ4n) is 3.48. The molecule has 0 rings (SSSR count). The molecule has 0 aliphatic heterocycles. The summed E-state index contributed by atoms with van der Waals surface area (Å²) in [5.74, 6) is -1.06. The van der Waals surface area contributed by atoms with E-state index >= 15 is 0 Å². The number of aliphatic carboxylic acids is 1. The second-order valence-corrected chi connectivity index (χ2v) is 9.67. The molecule has 0 spiro atoms. The van der Waals surface area contributed by atoms with Crippen LogP contribution in [0.4, 0.5) is 0 Å². The summed E-state index contributed by atoms with van der Waals surface area (Å²) >= 11 is 0. The van der Waals surface area contributed by atoms with Gasteiger partial charge in [0.05, 0.1) is 12.2 Å². The number of carboxylic acid groups (broad SMARTS) is 1. The quantitative estimate of drug-likeness (QED) is 0.130. The zero-order valence-electron chi connectivity index (χ0n) is 22.9. The summed E-state index contributed by atoms with van der Waals surface area (Å²) in [6.45, 7) is 9.53. The van der Waals surface area contributed by atoms with Crippen LogP contribution in [-0.4, -0.2) is 35.2 Å². The Bertz CT molecular complexity index is 463. The monoisotopic (exact) mass is 486 g/mol. The maximum Gasteiger partial charge on any atom is 0.306 e. The largest absolute Gasteiger partial charge is 0.481 e. The predicted molar refractivity (Wildman–Crippen MR) is 139 cm³/mol. The molecule has 1 N–H and O–H groups in total. The third-order valence-electron chi connectivity index (χ3n) is 5.24. The maximum atomic E-state index is 11.1. The number of carbonyl (C=O) groups is 3. The molecule has 0 saturated heterocycles. The lowest BCUT2D eigenvalue weighted by Gasteiger charge is -2.08. The van der Waals surface area contributed by atoms with Gasteiger partial charge in [0.1, 0.15) is 0 Å². The van der Waals surface area contributed by atoms with Crippen molar-refractivity contribution in [1.29, 1.82) is 0 Å². The van der Waals surface area contributed by atoms with E-state index in [-0.39, 0.29) is 24.1 Å². The van der Waals surface area contributed by atoms with Crippen LogP contribution in [0.1, 0.15) is 150 Å². The van der Waals surface area contributed by atoms with Crippen LogP contribution in [0.25, 0.3) is 0 Å². The van der Waals surface area contributed by atoms with Gasteiger partial charge in [-0.25, -0.2) is 0 Å². The van der Waals surface area contributed by atoms with E-state index in [9.17, 15) is 14.4 Å². The zero-order chi connectivity index (χ0) is 26.0. The van der Waals surface area contributed by atoms with E-state index in [1.54, 1.807) is 0 Å². The van der Waals surface area contributed by atoms with Crippen molar-refractivity contribution >= 4 is 17.9 Å². The Hall–Kier alpha value is -1.59. The van der Waals surface area contributed by atoms with Crippen LogP contribution in [0, 0.1) is 0 Å². The van der Waals surface area contributed by atoms with E-state index in [4.69, 9.17) is 14.6 Å². The van der Waals surface area contributed by atoms with Gasteiger partial charge >= 0.3 is 17.9 Å². The lowest BCUT2D eigenvalue weighted by Crippen LogP contribution is -2.12. The lowest BCUT2D eigenvalue weighted by atomic mass is 10.0. The summed E-state index contributed by atoms with van der Waals surface area (Å²) in [4.78, 5) is 32.6. The maximum absolute atomic E-state index is 11.1. The molecule has 0 bridgehead atoms. The highest BCUT2D eigenvalue weighted by atomic mass is 16.5. The molecule has 6 heteroatoms. The number of rotatable bonds is 21. The molecule has 0 aromatic carbocycles. The molecule has 202 valence electrons. The lowest BCUT2D eigenvalue weighted by molar-refractivity contribution is -0.149. The molecule has 34 heavy (non-hydrogen) atoms. The van der Waals surface area contributed by atoms with E-state index in [0.29, 0.717) is 32.1 Å². The van der Waals surface area contributed by atoms with Gasteiger partial charge in [0.15, 0.2) is 0 Å². The van der Waals surface area contributed by atoms with E-state index in [1.807, 2.05) is 27.7 Å². The van der Waals surface area contributed by atoms with Crippen LogP contribution < -0.4 is 0 Å². The molecule has 0 aliphatic carbocycles. The Morgan fingerprint density at radius 2 is 0.824 bits per heavy atom. The van der Waals surface area contributed by atoms with Gasteiger partial charge in [-0.3, -0.25) is 14.4 Å². The molecule has 0 fully saturated rings. The van der Waals surface area contributed by atoms with Gasteiger partial charge in [0.25, 0.3) is 0 Å². The molecular weight excluding hydrogens is 432 g/mol. The number of carbonyl (C=O) groups excluding carboxylic acids is 2. The van der Waals surface area contributed by atoms with Crippen molar-refractivity contribution in [1.82, 2.24) is 0 Å². The second-order valence-electron chi connectivity index (χ2n) is 9.67. The Labute approximate surface area is 209 Å². The third kappa shape index (κ3) is 32.6. The second kappa shape index (κ2) is 26.0. The Kier molecular flexibility index (Phi) is 26.5. The highest BCUT2D eigenvalue weighted by Gasteiger charge is 2.08. The number of hydrogen-bond donors (Lipinski definition) is 1. The fraction of sp³-hybridized carbons (Fsp3) is 0.893. The minimum absolute atomic E-state index is 0.0709. The number of hydrogen-bond acceptors (Lipinski definition) is 5. The molecule has 0 amide bonds. The Balaban J connectivity index is 0. The van der Waals surface area contributed by atoms with Gasteiger partial charge in [-0.2, -0.15) is 0 Å². The van der Waals surface area contributed by atoms with Crippen molar-refractivity contribution in [2.75, 3.05) is 0 Å². The standard InChI is InChI=1S/C16H32O2.C12H22O4/c1-2-3-4-5-6-7-8-9-10-11-12-13-14-15-16(17)18;1-9(2)15-11(13)7-5-6-8-12(14)16-10(3)4/h2-15H2,1H3,(H,17,18);9-10H,5-8H2,1-4H3. The Morgan fingerprint density at radius 3 is 1.12 bits per heavy atom. The summed E-state index contributed by atoms with van der Waals surface area (Å²) < 4.78 is 9.93. The van der Waals surface area contributed by atoms with Crippen molar-refractivity contribution in [2.45, 2.75) is 162 Å². The first-order valence-electron chi connectivity index (χ1n) is 13.8. The molecule has 0 atom stereocenters. The molecule has 0 radical (unpaired) electrons. The van der Waals surface area contributed by atoms with E-state index in [2.05, 4.69) is 6.92 Å². The third-order valence-corrected chi connectivity index (χ3v) is 5.24. The van der Waals surface area contributed by atoms with Crippen LogP contribution in [0.3, 0.4) is 0 Å². The van der Waals surface area contributed by atoms with Gasteiger partial charge in [-0.05, 0) is 47.0 Å². The van der Waals surface area contributed by atoms with E-state index in [1.165, 1.54) is 70.6 Å². The smallest absolute Gasteiger partial charge is 0.306 e. The molecule has 6 nitrogen and oxygen atoms in total. The molecule has 0 unspecified atom stereocenters. The normalized spacial score (nSPS) is 10.7. The van der Waals surface area contributed by atoms with Gasteiger partial charge in [-0.1, -0.05) is 84.0 Å². The van der Waals surface area contributed by atoms with Crippen LogP contribution in [0.15, 0.2) is 0 Å². The van der Waals surface area contributed by atoms with Crippen molar-refractivity contribution in [3.8, 4) is 0 Å². The van der Waals surface area contributed by atoms with E-state index in [0.717, 1.165) is 12.8 Å². The summed E-state index contributed by atoms with van der Waals surface area (Å²) in [5.41, 5.74) is 0. The van der Waals surface area contributed by atoms with Crippen molar-refractivity contribution in [3.05, 3.63) is 0 Å². The average Bonchev–Trinajstić information content (AvgIpc) is 2.74. The summed E-state index contributed by atoms with van der Waals surface area (Å²) in [7, 11) is 0. The predicted octanol–water partition coefficient (Wildman–Crippen LogP) is 8.00. The molecular formula is C28H54O6. The van der Waals surface area contributed by atoms with Gasteiger partial charge < -0.3 is 14.6 Å². The first-order chi connectivity index (χ1) is 16.2. The molecule has 0 heterocycles. The topological polar surface area (TPSA) is 89.9 Å². The fourth-order valence-corrected chi connectivity index (χ4v) is 3.48. The summed E-state index contributed by atoms with van der Waals surface area (Å²) in [6.07, 6.45) is 19.2. The van der Waals surface area contributed by atoms with Crippen molar-refractivity contribution in [3.63, 3.8) is 0 Å². The summed E-state index contributed by atoms with van der Waals surface area (Å²) in [5, 5.41) is 8.49. The van der Waals surface area contributed by atoms with Crippen LogP contribution in [-0.2, 0) is 23.9 Å². The molecule has 0 saturated carbocycles. The van der Waals surface area contributed by atoms with Crippen LogP contribution in [0.5, 0.6) is 0 Å². The first kappa shape index (κ1) is 34.6. The highest BCUT2D eigenvalue weighted by Crippen LogP contribution is 2.12. The SMILES string of the molecule is CC(C)OC(=O)CCCCC(=O)OC(C)C.CCCCCCCCCCCCCCCC(=O)O. The molecule has 0 aromatic rings. The van der Waals surface area contributed by atoms with Gasteiger partial charge in [0.2, 0.25) is 0 Å². The molecule has 0 aromatic heterocycles. The van der Waals surface area contributed by atoms with Crippen molar-refractivity contribution in [2.24, 2.45) is 0 Å². The number of carboxylic acids is 1. The van der Waals surface area contributed by atoms with Gasteiger partial charge in [0, 0.05) is 19.3 Å². The zero-order valence-corrected chi connectivity index (χ0v) is 22.9. The first-order valence-corrected chi connectivity index (χ1v) is 13.8. The number of unbranched alkanes of at least 4 members (excludes halogenated alkanes) is 13. The van der Waals surface area contributed by atoms with Gasteiger partial charge in [-0.15, -0.1) is 0 Å². The minimum Gasteiger partial charge on any atom is -0.481 e. The molecule has 0 aliphatic rings.